The van der Waals surface area contributed by atoms with Crippen LogP contribution in [0.2, 0.25) is 0 Å². The molecule has 4 aliphatic rings. The number of benzene rings is 1. The fourth-order valence-corrected chi connectivity index (χ4v) is 6.47. The van der Waals surface area contributed by atoms with E-state index in [0.717, 1.165) is 16.7 Å². The van der Waals surface area contributed by atoms with E-state index in [4.69, 9.17) is 14.5 Å². The van der Waals surface area contributed by atoms with Gasteiger partial charge in [0.15, 0.2) is 11.3 Å². The molecule has 2 bridgehead atoms. The van der Waals surface area contributed by atoms with E-state index < -0.39 is 23.1 Å². The molecule has 1 aromatic carbocycles. The highest BCUT2D eigenvalue weighted by atomic mass is 19.4. The number of fused-ring (bicyclic) bond motifs is 1. The number of hydrogen-bond acceptors (Lipinski definition) is 7. The van der Waals surface area contributed by atoms with Crippen molar-refractivity contribution in [2.24, 2.45) is 12.5 Å². The molecule has 0 N–H and O–H groups in total. The lowest BCUT2D eigenvalue weighted by atomic mass is 9.34. The number of ether oxygens (including phenoxy) is 2. The van der Waals surface area contributed by atoms with Gasteiger partial charge in [-0.1, -0.05) is 30.3 Å². The lowest BCUT2D eigenvalue weighted by Crippen LogP contribution is -2.70. The van der Waals surface area contributed by atoms with Crippen molar-refractivity contribution in [1.82, 2.24) is 24.5 Å². The van der Waals surface area contributed by atoms with Crippen molar-refractivity contribution in [2.45, 2.75) is 56.9 Å². The maximum Gasteiger partial charge on any atom is 0.394 e. The molecular weight excluding hydrogens is 547 g/mol. The van der Waals surface area contributed by atoms with Gasteiger partial charge in [-0.25, -0.2) is 19.9 Å². The first-order chi connectivity index (χ1) is 20.1. The number of halogens is 3. The average molecular weight is 576 g/mol. The van der Waals surface area contributed by atoms with E-state index in [1.807, 2.05) is 42.5 Å². The zero-order valence-electron chi connectivity index (χ0n) is 23.1. The highest BCUT2D eigenvalue weighted by Crippen LogP contribution is 2.78. The number of aromatic nitrogens is 5. The first-order valence-electron chi connectivity index (χ1n) is 13.9. The maximum atomic E-state index is 13.7. The Labute approximate surface area is 239 Å². The topological polar surface area (TPSA) is 92.0 Å². The van der Waals surface area contributed by atoms with Gasteiger partial charge >= 0.3 is 6.18 Å². The Morgan fingerprint density at radius 1 is 1.05 bits per heavy atom. The lowest BCUT2D eigenvalue weighted by molar-refractivity contribution is -0.337. The van der Waals surface area contributed by atoms with E-state index in [1.54, 1.807) is 26.2 Å². The molecule has 42 heavy (non-hydrogen) atoms. The second-order valence-corrected chi connectivity index (χ2v) is 11.6. The molecule has 1 aliphatic heterocycles. The molecule has 0 spiro atoms. The molecule has 0 radical (unpaired) electrons. The largest absolute Gasteiger partial charge is 0.473 e. The SMILES string of the molecule is Cc1nc2c(C34CC(C(F)(F)F)(C3)C4)nc(C3=CC(c4ccc(OCc5ccccc5)nc4)OCC3)nc2c(=O)n1C. The van der Waals surface area contributed by atoms with E-state index in [9.17, 15) is 18.0 Å². The van der Waals surface area contributed by atoms with E-state index in [-0.39, 0.29) is 30.3 Å². The van der Waals surface area contributed by atoms with E-state index >= 15 is 0 Å². The van der Waals surface area contributed by atoms with Crippen LogP contribution < -0.4 is 10.3 Å². The van der Waals surface area contributed by atoms with Gasteiger partial charge in [-0.05, 0) is 55.9 Å². The number of hydrogen-bond donors (Lipinski definition) is 0. The third-order valence-corrected chi connectivity index (χ3v) is 8.91. The Morgan fingerprint density at radius 2 is 1.81 bits per heavy atom. The predicted octanol–water partition coefficient (Wildman–Crippen LogP) is 5.53. The van der Waals surface area contributed by atoms with Gasteiger partial charge in [0, 0.05) is 30.3 Å². The van der Waals surface area contributed by atoms with Crippen LogP contribution in [0.3, 0.4) is 0 Å². The van der Waals surface area contributed by atoms with Gasteiger partial charge in [0.1, 0.15) is 24.1 Å². The molecule has 3 aromatic heterocycles. The Hall–Kier alpha value is -4.12. The first-order valence-corrected chi connectivity index (χ1v) is 13.9. The normalized spacial score (nSPS) is 25.0. The number of pyridine rings is 1. The van der Waals surface area contributed by atoms with Crippen LogP contribution in [0.5, 0.6) is 5.88 Å². The number of nitrogens with zero attached hydrogens (tertiary/aromatic N) is 5. The number of aryl methyl sites for hydroxylation is 1. The van der Waals surface area contributed by atoms with E-state index in [0.29, 0.717) is 48.4 Å². The summed E-state index contributed by atoms with van der Waals surface area (Å²) >= 11 is 0. The Morgan fingerprint density at radius 3 is 2.50 bits per heavy atom. The standard InChI is InChI=1S/C31H28F3N5O3/c1-18-36-24-25(28(40)39(18)2)37-27(38-26(24)29-15-30(16-29,17-29)31(32,33)34)20-10-11-41-22(12-20)21-8-9-23(35-13-21)42-14-19-6-4-3-5-7-19/h3-9,12-13,22H,10-11,14-17H2,1-2H3. The van der Waals surface area contributed by atoms with Crippen molar-refractivity contribution in [1.29, 1.82) is 0 Å². The van der Waals surface area contributed by atoms with Crippen LogP contribution in [0.4, 0.5) is 13.2 Å². The van der Waals surface area contributed by atoms with Crippen LogP contribution >= 0.6 is 0 Å². The summed E-state index contributed by atoms with van der Waals surface area (Å²) < 4.78 is 54.3. The smallest absolute Gasteiger partial charge is 0.394 e. The van der Waals surface area contributed by atoms with Crippen LogP contribution in [0, 0.1) is 12.3 Å². The third kappa shape index (κ3) is 4.21. The minimum Gasteiger partial charge on any atom is -0.473 e. The van der Waals surface area contributed by atoms with Gasteiger partial charge in [-0.2, -0.15) is 13.2 Å². The molecule has 0 amide bonds. The van der Waals surface area contributed by atoms with E-state index in [2.05, 4.69) is 15.0 Å². The molecule has 3 saturated carbocycles. The van der Waals surface area contributed by atoms with Crippen LogP contribution in [0.15, 0.2) is 59.5 Å². The Kier molecular flexibility index (Phi) is 6.02. The zero-order chi connectivity index (χ0) is 29.3. The molecule has 3 aliphatic carbocycles. The van der Waals surface area contributed by atoms with Crippen LogP contribution in [0.1, 0.15) is 60.3 Å². The zero-order valence-corrected chi connectivity index (χ0v) is 23.1. The van der Waals surface area contributed by atoms with Crippen molar-refractivity contribution in [3.05, 3.63) is 93.6 Å². The second-order valence-electron chi connectivity index (χ2n) is 11.6. The lowest BCUT2D eigenvalue weighted by Gasteiger charge is -2.70. The van der Waals surface area contributed by atoms with Crippen molar-refractivity contribution in [2.75, 3.05) is 6.61 Å². The van der Waals surface area contributed by atoms with Gasteiger partial charge in [0.05, 0.1) is 17.7 Å². The van der Waals surface area contributed by atoms with E-state index in [1.165, 1.54) is 4.57 Å². The van der Waals surface area contributed by atoms with Crippen molar-refractivity contribution in [3.8, 4) is 5.88 Å². The number of rotatable bonds is 6. The molecule has 8 nitrogen and oxygen atoms in total. The minimum atomic E-state index is -4.26. The molecule has 1 unspecified atom stereocenters. The summed E-state index contributed by atoms with van der Waals surface area (Å²) in [6.45, 7) is 2.47. The fraction of sp³-hybridized carbons (Fsp3) is 0.387. The molecule has 8 rings (SSSR count). The van der Waals surface area contributed by atoms with Crippen LogP contribution in [-0.2, 0) is 23.8 Å². The quantitative estimate of drug-likeness (QED) is 0.298. The maximum absolute atomic E-state index is 13.7. The minimum absolute atomic E-state index is 0.0415. The van der Waals surface area contributed by atoms with Crippen LogP contribution in [0.25, 0.3) is 16.6 Å². The fourth-order valence-electron chi connectivity index (χ4n) is 6.47. The summed E-state index contributed by atoms with van der Waals surface area (Å²) in [6, 6.07) is 13.5. The summed E-state index contributed by atoms with van der Waals surface area (Å²) in [6.07, 6.45) is -0.743. The summed E-state index contributed by atoms with van der Waals surface area (Å²) in [5, 5.41) is 0. The molecule has 4 aromatic rings. The van der Waals surface area contributed by atoms with Crippen molar-refractivity contribution >= 4 is 16.6 Å². The monoisotopic (exact) mass is 575 g/mol. The Balaban J connectivity index is 1.20. The summed E-state index contributed by atoms with van der Waals surface area (Å²) in [5.41, 5.74) is 0.717. The molecule has 11 heteroatoms. The van der Waals surface area contributed by atoms with Gasteiger partial charge in [0.2, 0.25) is 5.88 Å². The highest BCUT2D eigenvalue weighted by molar-refractivity contribution is 5.80. The van der Waals surface area contributed by atoms with Crippen molar-refractivity contribution < 1.29 is 22.6 Å². The summed E-state index contributed by atoms with van der Waals surface area (Å²) in [4.78, 5) is 31.7. The molecule has 4 heterocycles. The van der Waals surface area contributed by atoms with Gasteiger partial charge in [-0.3, -0.25) is 9.36 Å². The average Bonchev–Trinajstić information content (AvgIpc) is 2.94. The van der Waals surface area contributed by atoms with Crippen LogP contribution in [-0.4, -0.2) is 37.3 Å². The molecular formula is C31H28F3N5O3. The predicted molar refractivity (Wildman–Crippen MR) is 148 cm³/mol. The van der Waals surface area contributed by atoms with Gasteiger partial charge in [0.25, 0.3) is 5.56 Å². The third-order valence-electron chi connectivity index (χ3n) is 8.91. The van der Waals surface area contributed by atoms with Gasteiger partial charge in [-0.15, -0.1) is 0 Å². The number of alkyl halides is 3. The summed E-state index contributed by atoms with van der Waals surface area (Å²) in [7, 11) is 1.61. The first kappa shape index (κ1) is 26.8. The van der Waals surface area contributed by atoms with Crippen molar-refractivity contribution in [3.63, 3.8) is 0 Å². The molecule has 0 saturated heterocycles. The molecule has 216 valence electrons. The van der Waals surface area contributed by atoms with Gasteiger partial charge < -0.3 is 9.47 Å². The molecule has 1 atom stereocenters. The molecule has 3 fully saturated rings. The second kappa shape index (κ2) is 9.45. The highest BCUT2D eigenvalue weighted by Gasteiger charge is 2.79. The Bertz CT molecular complexity index is 1760. The summed E-state index contributed by atoms with van der Waals surface area (Å²) in [5.74, 6) is 1.27.